The minimum absolute atomic E-state index is 0.523. The van der Waals surface area contributed by atoms with Crippen LogP contribution in [-0.2, 0) is 0 Å². The van der Waals surface area contributed by atoms with Gasteiger partial charge in [0.2, 0.25) is 0 Å². The van der Waals surface area contributed by atoms with Crippen LogP contribution in [0.15, 0.2) is 26.9 Å². The summed E-state index contributed by atoms with van der Waals surface area (Å²) in [6.45, 7) is 0.523. The van der Waals surface area contributed by atoms with Crippen molar-refractivity contribution in [2.75, 3.05) is 6.54 Å². The smallest absolute Gasteiger partial charge is 0.160 e. The first-order chi connectivity index (χ1) is 5.90. The van der Waals surface area contributed by atoms with E-state index in [9.17, 15) is 4.79 Å². The second-order valence-electron chi connectivity index (χ2n) is 2.29. The van der Waals surface area contributed by atoms with Crippen molar-refractivity contribution in [2.24, 2.45) is 15.4 Å². The molecule has 0 aromatic carbocycles. The number of carbonyl (C=O) groups is 1. The van der Waals surface area contributed by atoms with E-state index >= 15 is 0 Å². The Morgan fingerprint density at radius 2 is 2.50 bits per heavy atom. The first kappa shape index (κ1) is 7.30. The summed E-state index contributed by atoms with van der Waals surface area (Å²) in [7, 11) is 0. The molecule has 0 saturated heterocycles. The first-order valence-corrected chi connectivity index (χ1v) is 4.25. The van der Waals surface area contributed by atoms with E-state index < -0.39 is 0 Å². The monoisotopic (exact) mass is 179 g/mol. The highest BCUT2D eigenvalue weighted by molar-refractivity contribution is 7.12. The van der Waals surface area contributed by atoms with Crippen LogP contribution in [0.5, 0.6) is 0 Å². The summed E-state index contributed by atoms with van der Waals surface area (Å²) in [5, 5.41) is 12.9. The van der Waals surface area contributed by atoms with E-state index in [0.717, 1.165) is 17.6 Å². The van der Waals surface area contributed by atoms with Crippen LogP contribution >= 0.6 is 11.3 Å². The van der Waals surface area contributed by atoms with Crippen molar-refractivity contribution in [2.45, 2.75) is 0 Å². The lowest BCUT2D eigenvalue weighted by Crippen LogP contribution is -1.98. The Bertz CT molecular complexity index is 366. The van der Waals surface area contributed by atoms with Crippen molar-refractivity contribution < 1.29 is 4.79 Å². The van der Waals surface area contributed by atoms with Gasteiger partial charge < -0.3 is 0 Å². The van der Waals surface area contributed by atoms with Gasteiger partial charge >= 0.3 is 0 Å². The number of rotatable bonds is 2. The molecule has 0 saturated carbocycles. The van der Waals surface area contributed by atoms with E-state index in [1.807, 2.05) is 5.38 Å². The van der Waals surface area contributed by atoms with Crippen LogP contribution in [0.4, 0.5) is 0 Å². The maximum Gasteiger partial charge on any atom is 0.160 e. The van der Waals surface area contributed by atoms with Crippen LogP contribution in [0.3, 0.4) is 0 Å². The van der Waals surface area contributed by atoms with Crippen molar-refractivity contribution in [1.82, 2.24) is 0 Å². The van der Waals surface area contributed by atoms with Gasteiger partial charge in [0, 0.05) is 10.9 Å². The number of hydrogen-bond donors (Lipinski definition) is 0. The van der Waals surface area contributed by atoms with E-state index in [1.54, 1.807) is 6.07 Å². The molecule has 0 fully saturated rings. The molecule has 0 bridgehead atoms. The normalized spacial score (nSPS) is 14.8. The van der Waals surface area contributed by atoms with Gasteiger partial charge in [0.05, 0.1) is 10.6 Å². The molecule has 1 aliphatic rings. The van der Waals surface area contributed by atoms with Gasteiger partial charge in [0.1, 0.15) is 6.54 Å². The van der Waals surface area contributed by atoms with Crippen LogP contribution in [0.2, 0.25) is 0 Å². The zero-order valence-corrected chi connectivity index (χ0v) is 6.91. The molecular formula is C7H5N3OS. The second kappa shape index (κ2) is 2.94. The third-order valence-electron chi connectivity index (χ3n) is 1.52. The minimum atomic E-state index is 0.523. The highest BCUT2D eigenvalue weighted by atomic mass is 32.1. The fraction of sp³-hybridized carbons (Fsp3) is 0.143. The third kappa shape index (κ3) is 1.18. The maximum absolute atomic E-state index is 10.4. The van der Waals surface area contributed by atoms with Gasteiger partial charge in [-0.2, -0.15) is 5.11 Å². The molecule has 0 atom stereocenters. The molecule has 1 aliphatic heterocycles. The molecule has 0 amide bonds. The van der Waals surface area contributed by atoms with Gasteiger partial charge in [-0.05, 0) is 11.3 Å². The Morgan fingerprint density at radius 3 is 3.08 bits per heavy atom. The predicted molar refractivity (Wildman–Crippen MR) is 46.0 cm³/mol. The summed E-state index contributed by atoms with van der Waals surface area (Å²) in [5.74, 6) is 0. The molecule has 5 heteroatoms. The molecule has 1 aromatic heterocycles. The summed E-state index contributed by atoms with van der Waals surface area (Å²) in [4.78, 5) is 11.1. The number of hydrogen-bond acceptors (Lipinski definition) is 5. The first-order valence-electron chi connectivity index (χ1n) is 3.37. The number of thiophene rings is 1. The molecular weight excluding hydrogens is 174 g/mol. The molecule has 12 heavy (non-hydrogen) atoms. The van der Waals surface area contributed by atoms with Crippen LogP contribution in [0.25, 0.3) is 0 Å². The number of carbonyl (C=O) groups excluding carboxylic acids is 1. The Morgan fingerprint density at radius 1 is 1.58 bits per heavy atom. The SMILES string of the molecule is O=Cc1cc(C2=NN=NC2)cs1. The largest absolute Gasteiger partial charge is 0.297 e. The van der Waals surface area contributed by atoms with E-state index in [2.05, 4.69) is 15.4 Å². The van der Waals surface area contributed by atoms with Gasteiger partial charge in [-0.1, -0.05) is 0 Å². The predicted octanol–water partition coefficient (Wildman–Crippen LogP) is 1.73. The van der Waals surface area contributed by atoms with Crippen molar-refractivity contribution >= 4 is 23.3 Å². The molecule has 60 valence electrons. The molecule has 1 aromatic rings. The Kier molecular flexibility index (Phi) is 1.79. The highest BCUT2D eigenvalue weighted by Crippen LogP contribution is 2.15. The second-order valence-corrected chi connectivity index (χ2v) is 3.23. The third-order valence-corrected chi connectivity index (χ3v) is 2.38. The molecule has 0 unspecified atom stereocenters. The van der Waals surface area contributed by atoms with E-state index in [-0.39, 0.29) is 0 Å². The zero-order chi connectivity index (χ0) is 8.39. The maximum atomic E-state index is 10.4. The van der Waals surface area contributed by atoms with E-state index in [4.69, 9.17) is 0 Å². The van der Waals surface area contributed by atoms with Gasteiger partial charge in [-0.25, -0.2) is 0 Å². The summed E-state index contributed by atoms with van der Waals surface area (Å²) >= 11 is 1.40. The number of nitrogens with zero attached hydrogens (tertiary/aromatic N) is 3. The number of aldehydes is 1. The van der Waals surface area contributed by atoms with Crippen LogP contribution in [-0.4, -0.2) is 18.5 Å². The van der Waals surface area contributed by atoms with Crippen molar-refractivity contribution in [3.05, 3.63) is 21.9 Å². The zero-order valence-electron chi connectivity index (χ0n) is 6.10. The molecule has 0 radical (unpaired) electrons. The quantitative estimate of drug-likeness (QED) is 0.638. The van der Waals surface area contributed by atoms with Gasteiger partial charge in [-0.15, -0.1) is 16.4 Å². The topological polar surface area (TPSA) is 54.1 Å². The fourth-order valence-electron chi connectivity index (χ4n) is 0.931. The average molecular weight is 179 g/mol. The molecule has 0 N–H and O–H groups in total. The molecule has 0 aliphatic carbocycles. The van der Waals surface area contributed by atoms with Crippen molar-refractivity contribution in [3.63, 3.8) is 0 Å². The summed E-state index contributed by atoms with van der Waals surface area (Å²) in [6, 6.07) is 1.80. The summed E-state index contributed by atoms with van der Waals surface area (Å²) in [5.41, 5.74) is 1.78. The lowest BCUT2D eigenvalue weighted by Gasteiger charge is -1.88. The Balaban J connectivity index is 2.29. The highest BCUT2D eigenvalue weighted by Gasteiger charge is 2.09. The Labute approximate surface area is 72.6 Å². The lowest BCUT2D eigenvalue weighted by molar-refractivity contribution is 0.112. The average Bonchev–Trinajstić information content (AvgIpc) is 2.75. The fourth-order valence-corrected chi connectivity index (χ4v) is 1.65. The van der Waals surface area contributed by atoms with Gasteiger partial charge in [-0.3, -0.25) is 4.79 Å². The van der Waals surface area contributed by atoms with Crippen LogP contribution < -0.4 is 0 Å². The van der Waals surface area contributed by atoms with Gasteiger partial charge in [0.25, 0.3) is 0 Å². The van der Waals surface area contributed by atoms with Gasteiger partial charge in [0.15, 0.2) is 6.29 Å². The molecule has 0 spiro atoms. The Hall–Kier alpha value is -1.36. The minimum Gasteiger partial charge on any atom is -0.297 e. The summed E-state index contributed by atoms with van der Waals surface area (Å²) in [6.07, 6.45) is 0.831. The van der Waals surface area contributed by atoms with Crippen LogP contribution in [0, 0.1) is 0 Å². The standard InChI is InChI=1S/C7H5N3OS/c11-3-6-1-5(4-12-6)7-2-8-10-9-7/h1,3-4H,2H2. The molecule has 4 nitrogen and oxygen atoms in total. The van der Waals surface area contributed by atoms with E-state index in [1.165, 1.54) is 11.3 Å². The van der Waals surface area contributed by atoms with E-state index in [0.29, 0.717) is 11.4 Å². The lowest BCUT2D eigenvalue weighted by atomic mass is 10.2. The molecule has 2 rings (SSSR count). The van der Waals surface area contributed by atoms with Crippen molar-refractivity contribution in [1.29, 1.82) is 0 Å². The van der Waals surface area contributed by atoms with Crippen molar-refractivity contribution in [3.8, 4) is 0 Å². The summed E-state index contributed by atoms with van der Waals surface area (Å²) < 4.78 is 0. The molecule has 2 heterocycles. The van der Waals surface area contributed by atoms with Crippen LogP contribution in [0.1, 0.15) is 15.2 Å².